The van der Waals surface area contributed by atoms with E-state index in [0.717, 1.165) is 55.3 Å². The maximum absolute atomic E-state index is 12.1. The number of aryl methyl sites for hydroxylation is 1. The minimum atomic E-state index is 0.0266. The van der Waals surface area contributed by atoms with E-state index in [4.69, 9.17) is 9.15 Å². The molecule has 0 radical (unpaired) electrons. The van der Waals surface area contributed by atoms with Gasteiger partial charge in [0.2, 0.25) is 5.91 Å². The van der Waals surface area contributed by atoms with E-state index in [1.165, 1.54) is 0 Å². The zero-order valence-electron chi connectivity index (χ0n) is 16.2. The summed E-state index contributed by atoms with van der Waals surface area (Å²) >= 11 is 0. The predicted octanol–water partition coefficient (Wildman–Crippen LogP) is 3.61. The Morgan fingerprint density at radius 3 is 2.81 bits per heavy atom. The Balaban J connectivity index is 1.49. The number of hydrogen-bond donors (Lipinski definition) is 0. The van der Waals surface area contributed by atoms with Crippen molar-refractivity contribution in [1.29, 1.82) is 0 Å². The highest BCUT2D eigenvalue weighted by Gasteiger charge is 2.33. The first-order chi connectivity index (χ1) is 13.1. The zero-order valence-corrected chi connectivity index (χ0v) is 16.2. The van der Waals surface area contributed by atoms with Gasteiger partial charge in [0, 0.05) is 31.5 Å². The first kappa shape index (κ1) is 18.1. The second kappa shape index (κ2) is 7.77. The zero-order chi connectivity index (χ0) is 18.8. The largest absolute Gasteiger partial charge is 0.488 e. The summed E-state index contributed by atoms with van der Waals surface area (Å²) in [5.41, 5.74) is 1.09. The average Bonchev–Trinajstić information content (AvgIpc) is 2.96. The monoisotopic (exact) mass is 368 g/mol. The third-order valence-electron chi connectivity index (χ3n) is 5.70. The molecule has 1 aromatic carbocycles. The Hall–Kier alpha value is -2.27. The van der Waals surface area contributed by atoms with Gasteiger partial charge in [-0.15, -0.1) is 0 Å². The lowest BCUT2D eigenvalue weighted by Gasteiger charge is -2.37. The van der Waals surface area contributed by atoms with E-state index in [9.17, 15) is 4.79 Å². The molecule has 1 fully saturated rings. The van der Waals surface area contributed by atoms with Crippen molar-refractivity contribution in [3.05, 3.63) is 53.5 Å². The molecule has 144 valence electrons. The fraction of sp³-hybridized carbons (Fsp3) is 0.500. The molecular formula is C22H28N2O3. The van der Waals surface area contributed by atoms with E-state index in [0.29, 0.717) is 19.0 Å². The molecule has 1 saturated heterocycles. The Bertz CT molecular complexity index is 800. The minimum absolute atomic E-state index is 0.0266. The van der Waals surface area contributed by atoms with Crippen molar-refractivity contribution in [3.8, 4) is 5.75 Å². The molecule has 27 heavy (non-hydrogen) atoms. The van der Waals surface area contributed by atoms with Gasteiger partial charge in [0.25, 0.3) is 0 Å². The van der Waals surface area contributed by atoms with Crippen LogP contribution in [0.1, 0.15) is 36.8 Å². The molecule has 0 unspecified atom stereocenters. The predicted molar refractivity (Wildman–Crippen MR) is 103 cm³/mol. The molecule has 0 N–H and O–H groups in total. The van der Waals surface area contributed by atoms with Crippen molar-refractivity contribution in [1.82, 2.24) is 9.80 Å². The molecule has 1 aromatic heterocycles. The molecule has 2 aliphatic rings. The van der Waals surface area contributed by atoms with Gasteiger partial charge in [-0.1, -0.05) is 18.2 Å². The number of piperidine rings is 1. The van der Waals surface area contributed by atoms with Gasteiger partial charge in [-0.05, 0) is 44.5 Å². The number of benzene rings is 1. The molecule has 5 heteroatoms. The molecule has 1 amide bonds. The van der Waals surface area contributed by atoms with Crippen molar-refractivity contribution in [2.45, 2.75) is 45.9 Å². The van der Waals surface area contributed by atoms with E-state index in [-0.39, 0.29) is 12.0 Å². The highest BCUT2D eigenvalue weighted by atomic mass is 16.5. The second-order valence-electron chi connectivity index (χ2n) is 7.81. The van der Waals surface area contributed by atoms with E-state index >= 15 is 0 Å². The van der Waals surface area contributed by atoms with Crippen LogP contribution in [0, 0.1) is 12.8 Å². The highest BCUT2D eigenvalue weighted by Crippen LogP contribution is 2.31. The third kappa shape index (κ3) is 4.19. The summed E-state index contributed by atoms with van der Waals surface area (Å²) in [6.07, 6.45) is 2.30. The van der Waals surface area contributed by atoms with Gasteiger partial charge in [0.15, 0.2) is 0 Å². The summed E-state index contributed by atoms with van der Waals surface area (Å²) in [5, 5.41) is 0. The van der Waals surface area contributed by atoms with Crippen molar-refractivity contribution in [2.75, 3.05) is 19.6 Å². The topological polar surface area (TPSA) is 45.9 Å². The number of amides is 1. The normalized spacial score (nSPS) is 23.4. The van der Waals surface area contributed by atoms with Gasteiger partial charge >= 0.3 is 0 Å². The summed E-state index contributed by atoms with van der Waals surface area (Å²) in [4.78, 5) is 16.5. The van der Waals surface area contributed by atoms with Crippen molar-refractivity contribution >= 4 is 5.91 Å². The van der Waals surface area contributed by atoms with Crippen LogP contribution in [0.15, 0.2) is 40.8 Å². The number of fused-ring (bicyclic) bond motifs is 1. The highest BCUT2D eigenvalue weighted by molar-refractivity contribution is 5.73. The van der Waals surface area contributed by atoms with Gasteiger partial charge in [-0.3, -0.25) is 9.69 Å². The first-order valence-corrected chi connectivity index (χ1v) is 9.86. The van der Waals surface area contributed by atoms with Crippen LogP contribution in [-0.4, -0.2) is 41.4 Å². The molecule has 0 bridgehead atoms. The van der Waals surface area contributed by atoms with Gasteiger partial charge in [-0.2, -0.15) is 0 Å². The Kier molecular flexibility index (Phi) is 5.21. The first-order valence-electron chi connectivity index (χ1n) is 9.86. The van der Waals surface area contributed by atoms with Crippen molar-refractivity contribution in [2.24, 2.45) is 5.92 Å². The quantitative estimate of drug-likeness (QED) is 0.830. The molecule has 0 aliphatic carbocycles. The standard InChI is InChI=1S/C22H28N2O3/c1-16-9-10-20(26-16)14-23-11-5-7-18(12-23)22-15-24(17(2)25)13-19-6-3-4-8-21(19)27-22/h3-4,6,8-10,18,22H,5,7,11-15H2,1-2H3/t18-,22-/m0/s1. The molecule has 0 saturated carbocycles. The Labute approximate surface area is 160 Å². The molecule has 5 nitrogen and oxygen atoms in total. The van der Waals surface area contributed by atoms with E-state index in [2.05, 4.69) is 17.0 Å². The number of likely N-dealkylation sites (tertiary alicyclic amines) is 1. The fourth-order valence-corrected chi connectivity index (χ4v) is 4.25. The Morgan fingerprint density at radius 2 is 2.04 bits per heavy atom. The number of ether oxygens (including phenoxy) is 1. The summed E-state index contributed by atoms with van der Waals surface area (Å²) < 4.78 is 12.2. The number of carbonyl (C=O) groups excluding carboxylic acids is 1. The van der Waals surface area contributed by atoms with Crippen LogP contribution < -0.4 is 4.74 Å². The van der Waals surface area contributed by atoms with Crippen LogP contribution in [0.25, 0.3) is 0 Å². The Morgan fingerprint density at radius 1 is 1.19 bits per heavy atom. The van der Waals surface area contributed by atoms with Crippen LogP contribution >= 0.6 is 0 Å². The molecule has 0 spiro atoms. The van der Waals surface area contributed by atoms with Gasteiger partial charge in [-0.25, -0.2) is 0 Å². The molecule has 4 rings (SSSR count). The van der Waals surface area contributed by atoms with E-state index < -0.39 is 0 Å². The van der Waals surface area contributed by atoms with Crippen LogP contribution in [0.3, 0.4) is 0 Å². The molecular weight excluding hydrogens is 340 g/mol. The average molecular weight is 368 g/mol. The molecule has 2 atom stereocenters. The van der Waals surface area contributed by atoms with Crippen LogP contribution in [0.4, 0.5) is 0 Å². The van der Waals surface area contributed by atoms with Crippen LogP contribution in [0.2, 0.25) is 0 Å². The van der Waals surface area contributed by atoms with Gasteiger partial charge in [0.05, 0.1) is 13.1 Å². The third-order valence-corrected chi connectivity index (χ3v) is 5.70. The number of rotatable bonds is 3. The summed E-state index contributed by atoms with van der Waals surface area (Å²) in [6, 6.07) is 12.2. The van der Waals surface area contributed by atoms with Crippen LogP contribution in [0.5, 0.6) is 5.75 Å². The summed E-state index contributed by atoms with van der Waals surface area (Å²) in [5.74, 6) is 3.41. The number of furan rings is 1. The summed E-state index contributed by atoms with van der Waals surface area (Å²) in [7, 11) is 0. The van der Waals surface area contributed by atoms with E-state index in [1.54, 1.807) is 6.92 Å². The van der Waals surface area contributed by atoms with Gasteiger partial charge < -0.3 is 14.1 Å². The van der Waals surface area contributed by atoms with Gasteiger partial charge in [0.1, 0.15) is 23.4 Å². The lowest BCUT2D eigenvalue weighted by Crippen LogP contribution is -2.46. The molecule has 2 aromatic rings. The minimum Gasteiger partial charge on any atom is -0.488 e. The maximum atomic E-state index is 12.1. The molecule has 3 heterocycles. The number of para-hydroxylation sites is 1. The molecule has 2 aliphatic heterocycles. The van der Waals surface area contributed by atoms with Crippen molar-refractivity contribution in [3.63, 3.8) is 0 Å². The number of hydrogen-bond acceptors (Lipinski definition) is 4. The number of nitrogens with zero attached hydrogens (tertiary/aromatic N) is 2. The lowest BCUT2D eigenvalue weighted by molar-refractivity contribution is -0.130. The van der Waals surface area contributed by atoms with Crippen molar-refractivity contribution < 1.29 is 13.9 Å². The second-order valence-corrected chi connectivity index (χ2v) is 7.81. The number of carbonyl (C=O) groups is 1. The maximum Gasteiger partial charge on any atom is 0.219 e. The fourth-order valence-electron chi connectivity index (χ4n) is 4.25. The lowest BCUT2D eigenvalue weighted by atomic mass is 9.92. The van der Waals surface area contributed by atoms with Crippen LogP contribution in [-0.2, 0) is 17.9 Å². The smallest absolute Gasteiger partial charge is 0.219 e. The van der Waals surface area contributed by atoms with E-state index in [1.807, 2.05) is 36.1 Å². The summed E-state index contributed by atoms with van der Waals surface area (Å²) in [6.45, 7) is 7.80. The SMILES string of the molecule is CC(=O)N1Cc2ccccc2O[C@H]([C@H]2CCCN(Cc3ccc(C)o3)C2)C1.